The molecule has 0 radical (unpaired) electrons. The Morgan fingerprint density at radius 1 is 1.41 bits per heavy atom. The van der Waals surface area contributed by atoms with Crippen molar-refractivity contribution in [1.29, 1.82) is 0 Å². The first-order valence-corrected chi connectivity index (χ1v) is 6.34. The Morgan fingerprint density at radius 2 is 2.00 bits per heavy atom. The van der Waals surface area contributed by atoms with Gasteiger partial charge in [-0.05, 0) is 39.5 Å². The third-order valence-electron chi connectivity index (χ3n) is 2.71. The van der Waals surface area contributed by atoms with Crippen LogP contribution in [0.4, 0.5) is 0 Å². The van der Waals surface area contributed by atoms with Crippen LogP contribution in [-0.2, 0) is 9.53 Å². The van der Waals surface area contributed by atoms with Crippen LogP contribution >= 0.6 is 0 Å². The van der Waals surface area contributed by atoms with Crippen LogP contribution in [0.3, 0.4) is 0 Å². The summed E-state index contributed by atoms with van der Waals surface area (Å²) < 4.78 is 5.06. The molecule has 0 bridgehead atoms. The fourth-order valence-corrected chi connectivity index (χ4v) is 1.53. The zero-order chi connectivity index (χ0) is 13.5. The van der Waals surface area contributed by atoms with Crippen molar-refractivity contribution in [2.45, 2.75) is 58.9 Å². The van der Waals surface area contributed by atoms with E-state index in [0.29, 0.717) is 18.1 Å². The molecule has 0 saturated heterocycles. The van der Waals surface area contributed by atoms with E-state index in [9.17, 15) is 4.79 Å². The average molecular weight is 241 g/mol. The Bertz CT molecular complexity index is 253. The monoisotopic (exact) mass is 241 g/mol. The molecule has 0 fully saturated rings. The molecule has 17 heavy (non-hydrogen) atoms. The highest BCUT2D eigenvalue weighted by Crippen LogP contribution is 2.16. The summed E-state index contributed by atoms with van der Waals surface area (Å²) in [6, 6.07) is 0. The van der Waals surface area contributed by atoms with E-state index in [1.54, 1.807) is 6.92 Å². The molecule has 0 heterocycles. The van der Waals surface area contributed by atoms with Crippen molar-refractivity contribution < 1.29 is 9.53 Å². The normalized spacial score (nSPS) is 13.2. The number of hydrogen-bond donors (Lipinski definition) is 1. The fourth-order valence-electron chi connectivity index (χ4n) is 1.53. The van der Waals surface area contributed by atoms with Crippen LogP contribution in [0.15, 0.2) is 12.2 Å². The zero-order valence-corrected chi connectivity index (χ0v) is 11.7. The predicted octanol–water partition coefficient (Wildman–Crippen LogP) is 3.04. The standard InChI is InChI=1S/C14H27NO2/c1-11(2)13(16)17-10-8-12(3)7-6-9-14(4,5)15/h12H,1,6-10,15H2,2-5H3. The summed E-state index contributed by atoms with van der Waals surface area (Å²) in [6.45, 7) is 12.0. The highest BCUT2D eigenvalue weighted by molar-refractivity contribution is 5.86. The summed E-state index contributed by atoms with van der Waals surface area (Å²) in [7, 11) is 0. The topological polar surface area (TPSA) is 52.3 Å². The maximum atomic E-state index is 11.1. The number of nitrogens with two attached hydrogens (primary N) is 1. The van der Waals surface area contributed by atoms with Gasteiger partial charge in [-0.1, -0.05) is 26.3 Å². The molecule has 0 aromatic rings. The van der Waals surface area contributed by atoms with Crippen molar-refractivity contribution >= 4 is 5.97 Å². The number of ether oxygens (including phenoxy) is 1. The van der Waals surface area contributed by atoms with Gasteiger partial charge in [0.05, 0.1) is 6.61 Å². The van der Waals surface area contributed by atoms with Crippen LogP contribution in [-0.4, -0.2) is 18.1 Å². The smallest absolute Gasteiger partial charge is 0.333 e. The van der Waals surface area contributed by atoms with Gasteiger partial charge in [-0.15, -0.1) is 0 Å². The van der Waals surface area contributed by atoms with Crippen molar-refractivity contribution in [1.82, 2.24) is 0 Å². The van der Waals surface area contributed by atoms with Crippen LogP contribution in [0.25, 0.3) is 0 Å². The second-order valence-corrected chi connectivity index (χ2v) is 5.69. The number of esters is 1. The van der Waals surface area contributed by atoms with E-state index in [1.165, 1.54) is 0 Å². The largest absolute Gasteiger partial charge is 0.462 e. The molecule has 3 nitrogen and oxygen atoms in total. The number of carbonyl (C=O) groups excluding carboxylic acids is 1. The lowest BCUT2D eigenvalue weighted by Gasteiger charge is -2.19. The van der Waals surface area contributed by atoms with Gasteiger partial charge < -0.3 is 10.5 Å². The molecule has 0 amide bonds. The molecule has 0 aromatic heterocycles. The lowest BCUT2D eigenvalue weighted by atomic mass is 9.94. The van der Waals surface area contributed by atoms with Crippen molar-refractivity contribution in [2.24, 2.45) is 11.7 Å². The van der Waals surface area contributed by atoms with Gasteiger partial charge in [0, 0.05) is 11.1 Å². The van der Waals surface area contributed by atoms with E-state index in [2.05, 4.69) is 13.5 Å². The lowest BCUT2D eigenvalue weighted by molar-refractivity contribution is -0.139. The van der Waals surface area contributed by atoms with Crippen molar-refractivity contribution in [2.75, 3.05) is 6.61 Å². The Labute approximate surface area is 105 Å². The van der Waals surface area contributed by atoms with Crippen molar-refractivity contribution in [3.8, 4) is 0 Å². The first kappa shape index (κ1) is 16.2. The van der Waals surface area contributed by atoms with Gasteiger partial charge in [-0.25, -0.2) is 4.79 Å². The Balaban J connectivity index is 3.57. The summed E-state index contributed by atoms with van der Waals surface area (Å²) in [5, 5.41) is 0. The average Bonchev–Trinajstić information content (AvgIpc) is 2.15. The predicted molar refractivity (Wildman–Crippen MR) is 71.7 cm³/mol. The summed E-state index contributed by atoms with van der Waals surface area (Å²) in [4.78, 5) is 11.1. The molecule has 0 aliphatic heterocycles. The third-order valence-corrected chi connectivity index (χ3v) is 2.71. The van der Waals surface area contributed by atoms with Gasteiger partial charge >= 0.3 is 5.97 Å². The molecule has 2 N–H and O–H groups in total. The van der Waals surface area contributed by atoms with Crippen LogP contribution in [0.1, 0.15) is 53.4 Å². The third kappa shape index (κ3) is 10.1. The Hall–Kier alpha value is -0.830. The highest BCUT2D eigenvalue weighted by atomic mass is 16.5. The highest BCUT2D eigenvalue weighted by Gasteiger charge is 2.11. The molecule has 0 saturated carbocycles. The lowest BCUT2D eigenvalue weighted by Crippen LogP contribution is -2.31. The van der Waals surface area contributed by atoms with E-state index < -0.39 is 0 Å². The van der Waals surface area contributed by atoms with Crippen molar-refractivity contribution in [3.63, 3.8) is 0 Å². The molecule has 1 unspecified atom stereocenters. The maximum absolute atomic E-state index is 11.1. The first-order chi connectivity index (χ1) is 7.72. The molecule has 0 spiro atoms. The number of rotatable bonds is 8. The van der Waals surface area contributed by atoms with Gasteiger partial charge in [0.15, 0.2) is 0 Å². The molecule has 1 atom stereocenters. The summed E-state index contributed by atoms with van der Waals surface area (Å²) in [6.07, 6.45) is 4.19. The number of carbonyl (C=O) groups is 1. The van der Waals surface area contributed by atoms with Gasteiger partial charge in [0.1, 0.15) is 0 Å². The summed E-state index contributed by atoms with van der Waals surface area (Å²) >= 11 is 0. The van der Waals surface area contributed by atoms with Crippen LogP contribution in [0, 0.1) is 5.92 Å². The second-order valence-electron chi connectivity index (χ2n) is 5.69. The molecule has 3 heteroatoms. The molecule has 0 aliphatic rings. The summed E-state index contributed by atoms with van der Waals surface area (Å²) in [5.74, 6) is 0.274. The molecule has 0 aliphatic carbocycles. The Kier molecular flexibility index (Phi) is 7.12. The van der Waals surface area contributed by atoms with Gasteiger partial charge in [0.2, 0.25) is 0 Å². The molecule has 100 valence electrons. The van der Waals surface area contributed by atoms with Crippen molar-refractivity contribution in [3.05, 3.63) is 12.2 Å². The van der Waals surface area contributed by atoms with Gasteiger partial charge in [-0.3, -0.25) is 0 Å². The van der Waals surface area contributed by atoms with Gasteiger partial charge in [0.25, 0.3) is 0 Å². The maximum Gasteiger partial charge on any atom is 0.333 e. The quantitative estimate of drug-likeness (QED) is 0.525. The van der Waals surface area contributed by atoms with E-state index in [1.807, 2.05) is 13.8 Å². The minimum atomic E-state index is -0.291. The molecular formula is C14H27NO2. The van der Waals surface area contributed by atoms with Crippen LogP contribution < -0.4 is 5.73 Å². The summed E-state index contributed by atoms with van der Waals surface area (Å²) in [5.41, 5.74) is 6.30. The first-order valence-electron chi connectivity index (χ1n) is 6.34. The minimum Gasteiger partial charge on any atom is -0.462 e. The van der Waals surface area contributed by atoms with Crippen LogP contribution in [0.2, 0.25) is 0 Å². The van der Waals surface area contributed by atoms with E-state index >= 15 is 0 Å². The second kappa shape index (κ2) is 7.49. The fraction of sp³-hybridized carbons (Fsp3) is 0.786. The Morgan fingerprint density at radius 3 is 2.47 bits per heavy atom. The molecular weight excluding hydrogens is 214 g/mol. The minimum absolute atomic E-state index is 0.0772. The zero-order valence-electron chi connectivity index (χ0n) is 11.7. The van der Waals surface area contributed by atoms with E-state index in [4.69, 9.17) is 10.5 Å². The van der Waals surface area contributed by atoms with E-state index in [-0.39, 0.29) is 11.5 Å². The number of hydrogen-bond acceptors (Lipinski definition) is 3. The SMILES string of the molecule is C=C(C)C(=O)OCCC(C)CCCC(C)(C)N. The molecule has 0 rings (SSSR count). The van der Waals surface area contributed by atoms with Gasteiger partial charge in [-0.2, -0.15) is 0 Å². The van der Waals surface area contributed by atoms with Crippen LogP contribution in [0.5, 0.6) is 0 Å². The van der Waals surface area contributed by atoms with E-state index in [0.717, 1.165) is 25.7 Å². The molecule has 0 aromatic carbocycles.